The van der Waals surface area contributed by atoms with Gasteiger partial charge in [0.05, 0.1) is 12.6 Å². The van der Waals surface area contributed by atoms with Gasteiger partial charge < -0.3 is 14.5 Å². The number of fused-ring (bicyclic) bond motifs is 2. The first kappa shape index (κ1) is 17.8. The molecule has 0 unspecified atom stereocenters. The normalized spacial score (nSPS) is 16.9. The van der Waals surface area contributed by atoms with E-state index in [-0.39, 0.29) is 11.9 Å². The Bertz CT molecular complexity index is 955. The number of nitrogens with zero attached hydrogens (tertiary/aromatic N) is 4. The molecule has 0 fully saturated rings. The third-order valence-corrected chi connectivity index (χ3v) is 5.44. The van der Waals surface area contributed by atoms with Crippen molar-refractivity contribution >= 4 is 16.8 Å². The average molecular weight is 365 g/mol. The summed E-state index contributed by atoms with van der Waals surface area (Å²) in [5.74, 6) is 2.61. The smallest absolute Gasteiger partial charge is 0.223 e. The number of para-hydroxylation sites is 1. The predicted molar refractivity (Wildman–Crippen MR) is 105 cm³/mol. The molecule has 27 heavy (non-hydrogen) atoms. The van der Waals surface area contributed by atoms with E-state index >= 15 is 0 Å². The molecule has 6 nitrogen and oxygen atoms in total. The lowest BCUT2D eigenvalue weighted by molar-refractivity contribution is -0.133. The molecule has 1 aromatic carbocycles. The molecule has 0 bridgehead atoms. The molecule has 1 atom stereocenters. The predicted octanol–water partition coefficient (Wildman–Crippen LogP) is 3.63. The summed E-state index contributed by atoms with van der Waals surface area (Å²) in [6.07, 6.45) is 4.32. The van der Waals surface area contributed by atoms with Crippen molar-refractivity contribution in [3.63, 3.8) is 0 Å². The lowest BCUT2D eigenvalue weighted by Crippen LogP contribution is -2.42. The van der Waals surface area contributed by atoms with Gasteiger partial charge in [-0.15, -0.1) is 10.2 Å². The van der Waals surface area contributed by atoms with Gasteiger partial charge in [0.25, 0.3) is 0 Å². The van der Waals surface area contributed by atoms with Gasteiger partial charge in [-0.2, -0.15) is 0 Å². The average Bonchev–Trinajstić information content (AvgIpc) is 3.23. The highest BCUT2D eigenvalue weighted by Crippen LogP contribution is 2.28. The van der Waals surface area contributed by atoms with Crippen LogP contribution in [0.3, 0.4) is 0 Å². The highest BCUT2D eigenvalue weighted by Gasteiger charge is 2.30. The van der Waals surface area contributed by atoms with Crippen molar-refractivity contribution in [3.05, 3.63) is 47.7 Å². The molecular formula is C21H27N5O. The molecular weight excluding hydrogens is 338 g/mol. The van der Waals surface area contributed by atoms with Crippen LogP contribution in [0.5, 0.6) is 0 Å². The Labute approximate surface area is 159 Å². The number of benzene rings is 1. The van der Waals surface area contributed by atoms with Crippen LogP contribution in [0.2, 0.25) is 0 Å². The summed E-state index contributed by atoms with van der Waals surface area (Å²) in [4.78, 5) is 18.2. The Morgan fingerprint density at radius 1 is 1.30 bits per heavy atom. The second-order valence-corrected chi connectivity index (χ2v) is 7.95. The molecule has 4 rings (SSSR count). The molecule has 3 heterocycles. The summed E-state index contributed by atoms with van der Waals surface area (Å²) < 4.78 is 2.23. The minimum atomic E-state index is 0.195. The summed E-state index contributed by atoms with van der Waals surface area (Å²) in [6.45, 7) is 7.74. The van der Waals surface area contributed by atoms with Crippen molar-refractivity contribution in [2.45, 2.75) is 52.6 Å². The number of aromatic nitrogens is 4. The maximum absolute atomic E-state index is 12.9. The number of carbonyl (C=O) groups excluding carboxylic acids is 1. The number of rotatable bonds is 5. The standard InChI is InChI=1S/C21H27N5O/c1-14(2)10-17-12-25(13-20-24-23-15(3)26(17)20)21(27)9-8-16-11-22-19-7-5-4-6-18(16)19/h4-7,11,14,17,22H,8-10,12-13H2,1-3H3/t17-/m0/s1. The van der Waals surface area contributed by atoms with Gasteiger partial charge in [-0.3, -0.25) is 4.79 Å². The van der Waals surface area contributed by atoms with Gasteiger partial charge in [-0.05, 0) is 37.3 Å². The van der Waals surface area contributed by atoms with Gasteiger partial charge in [0, 0.05) is 30.1 Å². The Kier molecular flexibility index (Phi) is 4.72. The third-order valence-electron chi connectivity index (χ3n) is 5.44. The van der Waals surface area contributed by atoms with Crippen molar-refractivity contribution in [1.29, 1.82) is 0 Å². The quantitative estimate of drug-likeness (QED) is 0.751. The van der Waals surface area contributed by atoms with Crippen molar-refractivity contribution in [2.75, 3.05) is 6.54 Å². The van der Waals surface area contributed by atoms with Gasteiger partial charge >= 0.3 is 0 Å². The van der Waals surface area contributed by atoms with Crippen molar-refractivity contribution in [1.82, 2.24) is 24.6 Å². The Morgan fingerprint density at radius 2 is 2.11 bits per heavy atom. The largest absolute Gasteiger partial charge is 0.361 e. The summed E-state index contributed by atoms with van der Waals surface area (Å²) in [5, 5.41) is 9.76. The fourth-order valence-corrected chi connectivity index (χ4v) is 4.22. The van der Waals surface area contributed by atoms with Crippen LogP contribution in [0.4, 0.5) is 0 Å². The van der Waals surface area contributed by atoms with Gasteiger partial charge in [0.2, 0.25) is 5.91 Å². The first-order chi connectivity index (χ1) is 13.0. The van der Waals surface area contributed by atoms with Crippen LogP contribution < -0.4 is 0 Å². The molecule has 0 spiro atoms. The zero-order valence-corrected chi connectivity index (χ0v) is 16.3. The van der Waals surface area contributed by atoms with E-state index in [9.17, 15) is 4.79 Å². The highest BCUT2D eigenvalue weighted by molar-refractivity contribution is 5.84. The highest BCUT2D eigenvalue weighted by atomic mass is 16.2. The van der Waals surface area contributed by atoms with Gasteiger partial charge in [-0.25, -0.2) is 0 Å². The molecule has 0 radical (unpaired) electrons. The molecule has 2 aromatic heterocycles. The molecule has 0 saturated heterocycles. The van der Waals surface area contributed by atoms with E-state index in [1.54, 1.807) is 0 Å². The topological polar surface area (TPSA) is 66.8 Å². The van der Waals surface area contributed by atoms with Crippen LogP contribution >= 0.6 is 0 Å². The fraction of sp³-hybridized carbons (Fsp3) is 0.476. The summed E-state index contributed by atoms with van der Waals surface area (Å²) in [5.41, 5.74) is 2.33. The van der Waals surface area contributed by atoms with Crippen LogP contribution in [0.15, 0.2) is 30.5 Å². The number of carbonyl (C=O) groups is 1. The Balaban J connectivity index is 1.47. The van der Waals surface area contributed by atoms with Gasteiger partial charge in [-0.1, -0.05) is 32.0 Å². The molecule has 1 amide bonds. The summed E-state index contributed by atoms with van der Waals surface area (Å²) in [6, 6.07) is 8.50. The van der Waals surface area contributed by atoms with E-state index < -0.39 is 0 Å². The third kappa shape index (κ3) is 3.48. The molecule has 6 heteroatoms. The molecule has 1 N–H and O–H groups in total. The maximum Gasteiger partial charge on any atom is 0.223 e. The van der Waals surface area contributed by atoms with Gasteiger partial charge in [0.1, 0.15) is 5.82 Å². The van der Waals surface area contributed by atoms with E-state index in [4.69, 9.17) is 0 Å². The zero-order valence-electron chi connectivity index (χ0n) is 16.3. The van der Waals surface area contributed by atoms with E-state index in [0.717, 1.165) is 36.6 Å². The van der Waals surface area contributed by atoms with Crippen LogP contribution in [0, 0.1) is 12.8 Å². The number of hydrogen-bond acceptors (Lipinski definition) is 3. The number of hydrogen-bond donors (Lipinski definition) is 1. The number of nitrogens with one attached hydrogen (secondary N) is 1. The minimum absolute atomic E-state index is 0.195. The van der Waals surface area contributed by atoms with E-state index in [1.165, 1.54) is 10.9 Å². The van der Waals surface area contributed by atoms with E-state index in [0.29, 0.717) is 18.9 Å². The van der Waals surface area contributed by atoms with Crippen molar-refractivity contribution in [2.24, 2.45) is 5.92 Å². The fourth-order valence-electron chi connectivity index (χ4n) is 4.22. The van der Waals surface area contributed by atoms with Crippen LogP contribution in [-0.2, 0) is 17.8 Å². The van der Waals surface area contributed by atoms with Crippen molar-refractivity contribution in [3.8, 4) is 0 Å². The first-order valence-corrected chi connectivity index (χ1v) is 9.76. The van der Waals surface area contributed by atoms with Crippen molar-refractivity contribution < 1.29 is 4.79 Å². The van der Waals surface area contributed by atoms with E-state index in [1.807, 2.05) is 30.2 Å². The molecule has 1 aliphatic rings. The lowest BCUT2D eigenvalue weighted by Gasteiger charge is -2.35. The van der Waals surface area contributed by atoms with Crippen LogP contribution in [0.1, 0.15) is 49.9 Å². The molecule has 0 saturated carbocycles. The molecule has 0 aliphatic carbocycles. The van der Waals surface area contributed by atoms with Crippen LogP contribution in [-0.4, -0.2) is 37.1 Å². The Hall–Kier alpha value is -2.63. The lowest BCUT2D eigenvalue weighted by atomic mass is 10.0. The number of aryl methyl sites for hydroxylation is 2. The summed E-state index contributed by atoms with van der Waals surface area (Å²) >= 11 is 0. The first-order valence-electron chi connectivity index (χ1n) is 9.76. The minimum Gasteiger partial charge on any atom is -0.361 e. The van der Waals surface area contributed by atoms with E-state index in [2.05, 4.69) is 45.7 Å². The summed E-state index contributed by atoms with van der Waals surface area (Å²) in [7, 11) is 0. The Morgan fingerprint density at radius 3 is 2.93 bits per heavy atom. The van der Waals surface area contributed by atoms with Gasteiger partial charge in [0.15, 0.2) is 5.82 Å². The SMILES string of the molecule is Cc1nnc2n1[C@@H](CC(C)C)CN(C(=O)CCc1c[nH]c3ccccc13)C2. The second kappa shape index (κ2) is 7.18. The number of amides is 1. The second-order valence-electron chi connectivity index (χ2n) is 7.95. The number of H-pyrrole nitrogens is 1. The van der Waals surface area contributed by atoms with Crippen LogP contribution in [0.25, 0.3) is 10.9 Å². The molecule has 1 aliphatic heterocycles. The molecule has 142 valence electrons. The monoisotopic (exact) mass is 365 g/mol. The molecule has 3 aromatic rings. The number of aromatic amines is 1. The maximum atomic E-state index is 12.9. The zero-order chi connectivity index (χ0) is 19.0.